The highest BCUT2D eigenvalue weighted by Crippen LogP contribution is 2.42. The predicted molar refractivity (Wildman–Crippen MR) is 124 cm³/mol. The topological polar surface area (TPSA) is 9.23 Å². The molecule has 0 unspecified atom stereocenters. The molecular formula is C28H40F2O. The second-order valence-corrected chi connectivity index (χ2v) is 9.75. The number of benzene rings is 1. The van der Waals surface area contributed by atoms with Gasteiger partial charge in [-0.15, -0.1) is 0 Å². The monoisotopic (exact) mass is 430 g/mol. The van der Waals surface area contributed by atoms with Gasteiger partial charge in [0.2, 0.25) is 5.82 Å². The Morgan fingerprint density at radius 1 is 0.839 bits per heavy atom. The Hall–Kier alpha value is -1.56. The molecule has 2 aliphatic rings. The van der Waals surface area contributed by atoms with Gasteiger partial charge in [0, 0.05) is 5.92 Å². The van der Waals surface area contributed by atoms with Crippen molar-refractivity contribution >= 4 is 0 Å². The van der Waals surface area contributed by atoms with Gasteiger partial charge in [-0.05, 0) is 74.8 Å². The van der Waals surface area contributed by atoms with Gasteiger partial charge in [-0.25, -0.2) is 4.39 Å². The average molecular weight is 431 g/mol. The van der Waals surface area contributed by atoms with Crippen LogP contribution in [-0.4, -0.2) is 6.61 Å². The van der Waals surface area contributed by atoms with Gasteiger partial charge in [-0.2, -0.15) is 4.39 Å². The molecule has 2 fully saturated rings. The smallest absolute Gasteiger partial charge is 0.201 e. The first kappa shape index (κ1) is 24.1. The summed E-state index contributed by atoms with van der Waals surface area (Å²) in [6.07, 6.45) is 16.2. The summed E-state index contributed by atoms with van der Waals surface area (Å²) < 4.78 is 34.0. The van der Waals surface area contributed by atoms with Crippen LogP contribution in [-0.2, 0) is 0 Å². The fourth-order valence-electron chi connectivity index (χ4n) is 5.42. The van der Waals surface area contributed by atoms with E-state index < -0.39 is 11.6 Å². The number of rotatable bonds is 8. The first-order chi connectivity index (χ1) is 15.1. The highest BCUT2D eigenvalue weighted by Gasteiger charge is 2.30. The van der Waals surface area contributed by atoms with Crippen molar-refractivity contribution in [2.24, 2.45) is 23.7 Å². The largest absolute Gasteiger partial charge is 0.490 e. The van der Waals surface area contributed by atoms with Gasteiger partial charge >= 0.3 is 0 Å². The van der Waals surface area contributed by atoms with Crippen molar-refractivity contribution in [3.63, 3.8) is 0 Å². The lowest BCUT2D eigenvalue weighted by atomic mass is 9.69. The third-order valence-corrected chi connectivity index (χ3v) is 7.51. The summed E-state index contributed by atoms with van der Waals surface area (Å²) in [7, 11) is 0. The van der Waals surface area contributed by atoms with E-state index in [1.165, 1.54) is 63.9 Å². The molecule has 0 amide bonds. The Kier molecular flexibility index (Phi) is 9.69. The van der Waals surface area contributed by atoms with Crippen molar-refractivity contribution in [3.05, 3.63) is 29.3 Å². The Labute approximate surface area is 188 Å². The molecule has 2 aliphatic carbocycles. The summed E-state index contributed by atoms with van der Waals surface area (Å²) in [5, 5.41) is 0. The number of ether oxygens (including phenoxy) is 1. The molecule has 2 saturated carbocycles. The third kappa shape index (κ3) is 6.96. The zero-order valence-corrected chi connectivity index (χ0v) is 19.5. The first-order valence-electron chi connectivity index (χ1n) is 12.7. The maximum absolute atomic E-state index is 14.4. The van der Waals surface area contributed by atoms with Crippen molar-refractivity contribution in [1.29, 1.82) is 0 Å². The van der Waals surface area contributed by atoms with Crippen molar-refractivity contribution in [2.75, 3.05) is 6.61 Å². The van der Waals surface area contributed by atoms with Crippen molar-refractivity contribution in [3.8, 4) is 17.6 Å². The molecule has 1 aromatic carbocycles. The maximum atomic E-state index is 14.4. The molecule has 0 aliphatic heterocycles. The van der Waals surface area contributed by atoms with Crippen molar-refractivity contribution < 1.29 is 13.5 Å². The van der Waals surface area contributed by atoms with E-state index in [4.69, 9.17) is 4.74 Å². The molecule has 0 radical (unpaired) electrons. The number of hydrogen-bond acceptors (Lipinski definition) is 1. The van der Waals surface area contributed by atoms with E-state index in [1.54, 1.807) is 6.07 Å². The predicted octanol–water partition coefficient (Wildman–Crippen LogP) is 8.30. The minimum atomic E-state index is -0.916. The lowest BCUT2D eigenvalue weighted by Gasteiger charge is -2.37. The van der Waals surface area contributed by atoms with Crippen LogP contribution in [0.2, 0.25) is 0 Å². The lowest BCUT2D eigenvalue weighted by Crippen LogP contribution is -2.25. The van der Waals surface area contributed by atoms with Gasteiger partial charge in [0.05, 0.1) is 12.2 Å². The van der Waals surface area contributed by atoms with Gasteiger partial charge in [0.25, 0.3) is 0 Å². The van der Waals surface area contributed by atoms with Crippen LogP contribution in [0.4, 0.5) is 8.78 Å². The van der Waals surface area contributed by atoms with E-state index in [9.17, 15) is 8.78 Å². The Balaban J connectivity index is 1.47. The molecule has 3 rings (SSSR count). The molecule has 0 atom stereocenters. The number of halogens is 2. The first-order valence-corrected chi connectivity index (χ1v) is 12.7. The SMILES string of the molecule is CCCCOc1ccc(C#C[C@H]2CC[C@H]([C@H]3CC[C@H](CCCC)CC3)CC2)c(F)c1F. The minimum absolute atomic E-state index is 0.0126. The van der Waals surface area contributed by atoms with E-state index in [0.29, 0.717) is 12.5 Å². The van der Waals surface area contributed by atoms with Gasteiger partial charge in [-0.3, -0.25) is 0 Å². The molecule has 0 aromatic heterocycles. The highest BCUT2D eigenvalue weighted by atomic mass is 19.2. The van der Waals surface area contributed by atoms with Crippen LogP contribution < -0.4 is 4.74 Å². The zero-order valence-electron chi connectivity index (χ0n) is 19.5. The molecule has 1 aromatic rings. The average Bonchev–Trinajstić information content (AvgIpc) is 2.81. The summed E-state index contributed by atoms with van der Waals surface area (Å²) in [6.45, 7) is 4.73. The van der Waals surface area contributed by atoms with Crippen LogP contribution in [0.5, 0.6) is 5.75 Å². The Morgan fingerprint density at radius 3 is 2.13 bits per heavy atom. The van der Waals surface area contributed by atoms with E-state index in [0.717, 1.165) is 43.4 Å². The van der Waals surface area contributed by atoms with Gasteiger partial charge in [0.1, 0.15) is 0 Å². The van der Waals surface area contributed by atoms with Crippen LogP contribution in [0.15, 0.2) is 12.1 Å². The van der Waals surface area contributed by atoms with E-state index in [2.05, 4.69) is 18.8 Å². The molecule has 0 bridgehead atoms. The van der Waals surface area contributed by atoms with Crippen LogP contribution in [0.3, 0.4) is 0 Å². The molecule has 0 N–H and O–H groups in total. The van der Waals surface area contributed by atoms with E-state index in [1.807, 2.05) is 6.92 Å². The number of unbranched alkanes of at least 4 members (excludes halogenated alkanes) is 2. The van der Waals surface area contributed by atoms with Gasteiger partial charge in [0.15, 0.2) is 11.6 Å². The van der Waals surface area contributed by atoms with Crippen LogP contribution in [0.25, 0.3) is 0 Å². The third-order valence-electron chi connectivity index (χ3n) is 7.51. The van der Waals surface area contributed by atoms with Crippen molar-refractivity contribution in [2.45, 2.75) is 97.3 Å². The molecule has 172 valence electrons. The molecule has 31 heavy (non-hydrogen) atoms. The standard InChI is InChI=1S/C28H40F2O/c1-3-5-7-21-8-13-23(14-9-21)24-15-10-22(11-16-24)12-17-25-18-19-26(28(30)27(25)29)31-20-6-4-2/h18-19,21-24H,3-11,13-16,20H2,1-2H3/t21-,22-,23-,24-. The summed E-state index contributed by atoms with van der Waals surface area (Å²) in [6, 6.07) is 3.06. The fraction of sp³-hybridized carbons (Fsp3) is 0.714. The second-order valence-electron chi connectivity index (χ2n) is 9.75. The fourth-order valence-corrected chi connectivity index (χ4v) is 5.42. The molecule has 0 heterocycles. The maximum Gasteiger partial charge on any atom is 0.201 e. The Bertz CT molecular complexity index is 731. The summed E-state index contributed by atoms with van der Waals surface area (Å²) in [5.74, 6) is 7.37. The van der Waals surface area contributed by atoms with Crippen molar-refractivity contribution in [1.82, 2.24) is 0 Å². The lowest BCUT2D eigenvalue weighted by molar-refractivity contribution is 0.153. The molecular weight excluding hydrogens is 390 g/mol. The van der Waals surface area contributed by atoms with Crippen LogP contribution in [0.1, 0.15) is 103 Å². The molecule has 0 saturated heterocycles. The summed E-state index contributed by atoms with van der Waals surface area (Å²) >= 11 is 0. The summed E-state index contributed by atoms with van der Waals surface area (Å²) in [5.41, 5.74) is 0.146. The normalized spacial score (nSPS) is 26.2. The highest BCUT2D eigenvalue weighted by molar-refractivity contribution is 5.41. The minimum Gasteiger partial charge on any atom is -0.490 e. The summed E-state index contributed by atoms with van der Waals surface area (Å²) in [4.78, 5) is 0. The van der Waals surface area contributed by atoms with Crippen LogP contribution in [0, 0.1) is 47.1 Å². The van der Waals surface area contributed by atoms with E-state index in [-0.39, 0.29) is 11.3 Å². The molecule has 1 nitrogen and oxygen atoms in total. The second kappa shape index (κ2) is 12.5. The van der Waals surface area contributed by atoms with Gasteiger partial charge < -0.3 is 4.74 Å². The zero-order chi connectivity index (χ0) is 22.1. The molecule has 3 heteroatoms. The van der Waals surface area contributed by atoms with Gasteiger partial charge in [-0.1, -0.05) is 64.2 Å². The molecule has 0 spiro atoms. The Morgan fingerprint density at radius 2 is 1.48 bits per heavy atom. The van der Waals surface area contributed by atoms with E-state index >= 15 is 0 Å². The van der Waals surface area contributed by atoms with Crippen LogP contribution >= 0.6 is 0 Å². The number of hydrogen-bond donors (Lipinski definition) is 0. The quantitative estimate of drug-likeness (QED) is 0.298.